The Morgan fingerprint density at radius 1 is 0.450 bits per heavy atom. The van der Waals surface area contributed by atoms with E-state index >= 15 is 0 Å². The highest BCUT2D eigenvalue weighted by Crippen LogP contribution is 2.80. The molecule has 18 heteroatoms. The third-order valence-corrected chi connectivity index (χ3v) is 39.0. The third-order valence-electron chi connectivity index (χ3n) is 38.6. The van der Waals surface area contributed by atoms with E-state index in [1.165, 1.54) is 7.40 Å². The van der Waals surface area contributed by atoms with E-state index in [2.05, 4.69) is 157 Å². The number of ketones is 6. The molecule has 17 nitrogen and oxygen atoms in total. The summed E-state index contributed by atoms with van der Waals surface area (Å²) in [5.74, 6) is 0.302. The summed E-state index contributed by atoms with van der Waals surface area (Å²) in [6.45, 7) is 53.6. The Labute approximate surface area is 722 Å². The predicted molar refractivity (Wildman–Crippen MR) is 463 cm³/mol. The lowest BCUT2D eigenvalue weighted by atomic mass is 9.34. The van der Waals surface area contributed by atoms with Crippen molar-refractivity contribution in [2.24, 2.45) is 151 Å². The normalized spacial score (nSPS) is 43.2. The van der Waals surface area contributed by atoms with Crippen molar-refractivity contribution in [1.82, 2.24) is 21.0 Å². The van der Waals surface area contributed by atoms with Crippen LogP contribution in [-0.2, 0) is 48.6 Å². The predicted octanol–water partition coefficient (Wildman–Crippen LogP) is 21.3. The number of allylic oxidation sites excluding steroid dienone is 12. The first-order valence-corrected chi connectivity index (χ1v) is 45.6. The third kappa shape index (κ3) is 12.3. The maximum absolute atomic E-state index is 14.7. The van der Waals surface area contributed by atoms with Crippen LogP contribution in [0.15, 0.2) is 74.3 Å². The zero-order chi connectivity index (χ0) is 89.9. The van der Waals surface area contributed by atoms with Crippen molar-refractivity contribution in [2.45, 2.75) is 327 Å². The lowest BCUT2D eigenvalue weighted by Gasteiger charge is -2.69. The van der Waals surface area contributed by atoms with Gasteiger partial charge < -0.3 is 4.42 Å². The van der Waals surface area contributed by atoms with E-state index in [1.54, 1.807) is 13.8 Å². The standard InChI is InChI=1S/C35H49N3O4.C35H47N3O3.C31H40ClNO3.CH4/c1-20(2)28(41)37-38-29(42)35-14-12-30(3,4)18-22(35)26-23(39)16-25-32(7)17-21(19-36)27(40)31(5,6)24(32)10-11-33(25,8)34(26,9)13-15-35;1-20(2)28-37-38-29(41-28)35-14-12-30(3,4)18-22(35)26-23(39)16-25-32(7)17-21(19-36)27(40)31(5,6)24(32)10-11-33(25,8)34(26,9)13-15-35;1-26(2)10-12-31(25(32)36)13-11-30(7)23(19(31)16-26)20(34)14-22-28(5)15-18(17-33)24(35)27(3,4)21(28)8-9-29(22,30)6;/h16-17,20,22,24,26H,10-15,18H2,1-9H3,(H,37,41)(H,38,42);16-17,20,22,24,26H,10-15,18H2,1-9H3;14-15,19,21,23H,8-13,16H2,1-7H3;1H4/t2*22-,24-,26-,32-,33+,34+,35-;19-,21-,23-,28-,29+,30+,31-;/m000./s1/i;;;1T. The highest BCUT2D eigenvalue weighted by Gasteiger charge is 2.76. The molecule has 1 heterocycles. The van der Waals surface area contributed by atoms with Crippen LogP contribution in [0.5, 0.6) is 0 Å². The number of amides is 2. The molecule has 15 aliphatic carbocycles. The van der Waals surface area contributed by atoms with E-state index in [0.717, 1.165) is 145 Å². The SMILES string of the molecule is CC(C)C(=O)NNC(=O)[C@]12CCC(C)(C)C[C@H]1[C@H]1C(=O)C=C3[C@@]4(C)C=C(C#N)C(=O)C(C)(C)[C@@H]4CC[C@@]3(C)[C@]1(C)CC2.CC(C)c1nnc([C@]23CCC(C)(C)C[C@H]2[C@H]2C(=O)C=C4[C@@]5(C)C=C(C#N)C(=O)C(C)(C)[C@@H]5CC[C@@]4(C)[C@]2(C)CC3)o1.CC1(C)CC[C@]2(C(=O)Cl)CC[C@]3(C)[C@H](C(=O)C=C4[C@@]5(C)C=C(C#N)C(=O)C(C)(C)[C@@H]5CC[C@]43C)[C@@H]2C1.[3H]C. The molecular weight excluding hydrogens is 1520 g/mol. The van der Waals surface area contributed by atoms with Gasteiger partial charge in [-0.1, -0.05) is 215 Å². The topological polar surface area (TPSA) is 288 Å². The minimum Gasteiger partial charge on any atom is -0.424 e. The molecule has 21 atom stereocenters. The van der Waals surface area contributed by atoms with Gasteiger partial charge in [-0.05, 0) is 249 Å². The molecule has 0 aliphatic heterocycles. The van der Waals surface area contributed by atoms with Crippen LogP contribution in [0.3, 0.4) is 0 Å². The van der Waals surface area contributed by atoms with Gasteiger partial charge in [-0.25, -0.2) is 0 Å². The average Bonchev–Trinajstić information content (AvgIpc) is 1.32. The zero-order valence-electron chi connectivity index (χ0n) is 78.4. The van der Waals surface area contributed by atoms with Crippen LogP contribution in [-0.4, -0.2) is 62.0 Å². The maximum atomic E-state index is 14.7. The number of hydrogen-bond donors (Lipinski definition) is 2. The highest BCUT2D eigenvalue weighted by atomic mass is 35.5. The first-order valence-electron chi connectivity index (χ1n) is 46.2. The van der Waals surface area contributed by atoms with E-state index in [4.69, 9.17) is 17.4 Å². The van der Waals surface area contributed by atoms with Crippen molar-refractivity contribution in [3.8, 4) is 18.2 Å². The maximum Gasteiger partial charge on any atom is 0.244 e. The Morgan fingerprint density at radius 2 is 0.767 bits per heavy atom. The molecule has 2 amide bonds. The summed E-state index contributed by atoms with van der Waals surface area (Å²) in [6.07, 6.45) is 29.3. The average molecular weight is 1660 g/mol. The van der Waals surface area contributed by atoms with Crippen LogP contribution in [0, 0.1) is 185 Å². The zero-order valence-corrected chi connectivity index (χ0v) is 78.1. The Bertz CT molecular complexity index is 4960. The van der Waals surface area contributed by atoms with Crippen molar-refractivity contribution in [2.75, 3.05) is 0 Å². The fourth-order valence-corrected chi connectivity index (χ4v) is 31.4. The number of rotatable bonds is 5. The van der Waals surface area contributed by atoms with Crippen molar-refractivity contribution >= 4 is 63.4 Å². The largest absolute Gasteiger partial charge is 0.424 e. The molecule has 1 aromatic rings. The summed E-state index contributed by atoms with van der Waals surface area (Å²) < 4.78 is 12.2. The summed E-state index contributed by atoms with van der Waals surface area (Å²) >= 11 is 6.36. The van der Waals surface area contributed by atoms with Gasteiger partial charge in [0.25, 0.3) is 0 Å². The molecule has 0 unspecified atom stereocenters. The second-order valence-corrected chi connectivity index (χ2v) is 48.1. The molecule has 9 saturated carbocycles. The van der Waals surface area contributed by atoms with E-state index in [1.807, 2.05) is 78.0 Å². The molecule has 9 fully saturated rings. The molecule has 0 radical (unpaired) electrons. The van der Waals surface area contributed by atoms with E-state index in [0.29, 0.717) is 18.7 Å². The second kappa shape index (κ2) is 28.5. The van der Waals surface area contributed by atoms with Crippen molar-refractivity contribution in [3.05, 3.63) is 81.7 Å². The summed E-state index contributed by atoms with van der Waals surface area (Å²) in [6, 6.07) is 6.54. The van der Waals surface area contributed by atoms with Crippen LogP contribution in [0.4, 0.5) is 0 Å². The Kier molecular flexibility index (Phi) is 21.2. The molecular formula is C102H140ClN7O10. The van der Waals surface area contributed by atoms with E-state index < -0.39 is 48.7 Å². The summed E-state index contributed by atoms with van der Waals surface area (Å²) in [4.78, 5) is 123. The molecule has 15 aliphatic rings. The van der Waals surface area contributed by atoms with Gasteiger partial charge in [-0.3, -0.25) is 54.0 Å². The molecule has 120 heavy (non-hydrogen) atoms. The van der Waals surface area contributed by atoms with Crippen LogP contribution in [0.25, 0.3) is 0 Å². The first-order chi connectivity index (χ1) is 55.8. The molecule has 0 spiro atoms. The fourth-order valence-electron chi connectivity index (χ4n) is 31.1. The van der Waals surface area contributed by atoms with Gasteiger partial charge in [-0.15, -0.1) is 10.2 Å². The second-order valence-electron chi connectivity index (χ2n) is 47.7. The van der Waals surface area contributed by atoms with E-state index in [9.17, 15) is 58.9 Å². The summed E-state index contributed by atoms with van der Waals surface area (Å²) in [5, 5.41) is 38.6. The number of hydrazine groups is 1. The molecule has 1 aromatic heterocycles. The number of carbonyl (C=O) groups is 9. The minimum absolute atomic E-state index is 0.00600. The Morgan fingerprint density at radius 3 is 1.12 bits per heavy atom. The molecule has 650 valence electrons. The number of fused-ring (bicyclic) bond motifs is 21. The van der Waals surface area contributed by atoms with Crippen molar-refractivity contribution in [3.63, 3.8) is 0 Å². The quantitative estimate of drug-likeness (QED) is 0.205. The van der Waals surface area contributed by atoms with Gasteiger partial charge >= 0.3 is 0 Å². The number of Topliss-reactive ketones (excluding diaryl/α,β-unsaturated/α-hetero) is 3. The van der Waals surface area contributed by atoms with Gasteiger partial charge in [0, 0.05) is 68.9 Å². The Hall–Kier alpha value is -7.03. The number of nitrogens with zero attached hydrogens (tertiary/aromatic N) is 5. The molecule has 0 bridgehead atoms. The number of aromatic nitrogens is 2. The van der Waals surface area contributed by atoms with Crippen molar-refractivity contribution in [1.29, 1.82) is 15.8 Å². The molecule has 16 rings (SSSR count). The lowest BCUT2D eigenvalue weighted by molar-refractivity contribution is -0.179. The van der Waals surface area contributed by atoms with Crippen LogP contribution < -0.4 is 10.9 Å². The van der Waals surface area contributed by atoms with Crippen LogP contribution >= 0.6 is 11.6 Å². The smallest absolute Gasteiger partial charge is 0.244 e. The molecule has 0 aromatic carbocycles. The minimum atomic E-state index is -0.727. The summed E-state index contributed by atoms with van der Waals surface area (Å²) in [5.41, 5.74) is 2.43. The monoisotopic (exact) mass is 1660 g/mol. The van der Waals surface area contributed by atoms with Gasteiger partial charge in [0.1, 0.15) is 18.2 Å². The summed E-state index contributed by atoms with van der Waals surface area (Å²) in [7, 11) is 1.25. The number of nitriles is 3. The molecule has 2 N–H and O–H groups in total. The van der Waals surface area contributed by atoms with Gasteiger partial charge in [0.05, 0.1) is 27.5 Å². The van der Waals surface area contributed by atoms with Gasteiger partial charge in [0.2, 0.25) is 28.8 Å². The Balaban J connectivity index is 0.000000155. The fraction of sp³-hybridized carbons (Fsp3) is 0.745. The first kappa shape index (κ1) is 89.3. The van der Waals surface area contributed by atoms with Crippen molar-refractivity contribution < 1.29 is 48.9 Å². The lowest BCUT2D eigenvalue weighted by Crippen LogP contribution is -2.67. The van der Waals surface area contributed by atoms with Crippen LogP contribution in [0.2, 0.25) is 0 Å². The van der Waals surface area contributed by atoms with Gasteiger partial charge in [-0.2, -0.15) is 15.8 Å². The van der Waals surface area contributed by atoms with Crippen LogP contribution in [0.1, 0.15) is 334 Å². The number of hydrogen-bond acceptors (Lipinski definition) is 15. The number of halogens is 1. The van der Waals surface area contributed by atoms with Gasteiger partial charge in [0.15, 0.2) is 34.7 Å². The highest BCUT2D eigenvalue weighted by molar-refractivity contribution is 6.64. The number of nitrogens with one attached hydrogen (secondary N) is 2. The van der Waals surface area contributed by atoms with E-state index in [-0.39, 0.29) is 182 Å². The molecule has 0 saturated heterocycles. The number of carbonyl (C=O) groups excluding carboxylic acids is 9.